The van der Waals surface area contributed by atoms with Crippen molar-refractivity contribution in [3.8, 4) is 17.0 Å². The number of pyridine rings is 1. The van der Waals surface area contributed by atoms with Crippen LogP contribution < -0.4 is 9.50 Å². The molecule has 174 valence electrons. The lowest BCUT2D eigenvalue weighted by Gasteiger charge is -2.21. The van der Waals surface area contributed by atoms with Gasteiger partial charge >= 0.3 is 10.1 Å². The van der Waals surface area contributed by atoms with Gasteiger partial charge in [0, 0.05) is 10.9 Å². The Kier molecular flexibility index (Phi) is 6.93. The average Bonchev–Trinajstić information content (AvgIpc) is 2.87. The largest absolute Gasteiger partial charge is 0.379 e. The van der Waals surface area contributed by atoms with Gasteiger partial charge in [-0.3, -0.25) is 4.79 Å². The normalized spacial score (nSPS) is 12.3. The monoisotopic (exact) mass is 474 g/mol. The molecule has 1 amide bonds. The van der Waals surface area contributed by atoms with Crippen molar-refractivity contribution < 1.29 is 17.4 Å². The Morgan fingerprint density at radius 3 is 2.18 bits per heavy atom. The summed E-state index contributed by atoms with van der Waals surface area (Å²) in [5.41, 5.74) is 2.63. The zero-order valence-corrected chi connectivity index (χ0v) is 19.9. The van der Waals surface area contributed by atoms with E-state index in [0.29, 0.717) is 28.6 Å². The van der Waals surface area contributed by atoms with Crippen molar-refractivity contribution in [1.29, 1.82) is 0 Å². The van der Waals surface area contributed by atoms with Crippen LogP contribution in [0.15, 0.2) is 84.9 Å². The zero-order chi connectivity index (χ0) is 24.1. The minimum atomic E-state index is -3.93. The van der Waals surface area contributed by atoms with E-state index in [2.05, 4.69) is 5.32 Å². The van der Waals surface area contributed by atoms with Crippen LogP contribution in [0.2, 0.25) is 0 Å². The molecule has 0 bridgehead atoms. The molecule has 0 saturated heterocycles. The zero-order valence-electron chi connectivity index (χ0n) is 19.1. The highest BCUT2D eigenvalue weighted by Gasteiger charge is 2.27. The summed E-state index contributed by atoms with van der Waals surface area (Å²) >= 11 is 0. The molecular weight excluding hydrogens is 448 g/mol. The van der Waals surface area contributed by atoms with Gasteiger partial charge in [0.25, 0.3) is 5.91 Å². The summed E-state index contributed by atoms with van der Waals surface area (Å²) in [4.78, 5) is 18.5. The van der Waals surface area contributed by atoms with Gasteiger partial charge in [0.05, 0.1) is 22.9 Å². The molecule has 4 rings (SSSR count). The van der Waals surface area contributed by atoms with Crippen LogP contribution in [0, 0.1) is 0 Å². The third-order valence-electron chi connectivity index (χ3n) is 5.60. The number of rotatable bonds is 8. The van der Waals surface area contributed by atoms with E-state index in [9.17, 15) is 13.2 Å². The number of nitrogens with zero attached hydrogens (tertiary/aromatic N) is 1. The molecule has 0 aliphatic carbocycles. The first-order chi connectivity index (χ1) is 16.4. The summed E-state index contributed by atoms with van der Waals surface area (Å²) < 4.78 is 30.7. The molecule has 1 heterocycles. The first-order valence-corrected chi connectivity index (χ1v) is 12.8. The number of carbonyl (C=O) groups excluding carboxylic acids is 1. The van der Waals surface area contributed by atoms with Crippen LogP contribution in [-0.2, 0) is 10.1 Å². The number of carbonyl (C=O) groups is 1. The smallest absolute Gasteiger partial charge is 0.308 e. The maximum Gasteiger partial charge on any atom is 0.308 e. The van der Waals surface area contributed by atoms with Crippen LogP contribution in [0.5, 0.6) is 5.75 Å². The van der Waals surface area contributed by atoms with Gasteiger partial charge in [0.1, 0.15) is 5.69 Å². The Balaban J connectivity index is 1.94. The van der Waals surface area contributed by atoms with Gasteiger partial charge in [-0.25, -0.2) is 4.98 Å². The third kappa shape index (κ3) is 4.94. The van der Waals surface area contributed by atoms with E-state index in [4.69, 9.17) is 9.17 Å². The Bertz CT molecular complexity index is 1410. The van der Waals surface area contributed by atoms with Crippen molar-refractivity contribution in [2.24, 2.45) is 0 Å². The van der Waals surface area contributed by atoms with Crippen molar-refractivity contribution in [3.05, 3.63) is 96.1 Å². The molecule has 0 aliphatic heterocycles. The minimum Gasteiger partial charge on any atom is -0.379 e. The third-order valence-corrected chi connectivity index (χ3v) is 6.73. The van der Waals surface area contributed by atoms with Crippen molar-refractivity contribution in [1.82, 2.24) is 10.3 Å². The maximum atomic E-state index is 13.8. The Morgan fingerprint density at radius 1 is 0.912 bits per heavy atom. The maximum absolute atomic E-state index is 13.8. The lowest BCUT2D eigenvalue weighted by molar-refractivity contribution is 0.0935. The molecule has 0 spiro atoms. The Hall–Kier alpha value is -3.71. The lowest BCUT2D eigenvalue weighted by Crippen LogP contribution is -2.29. The Morgan fingerprint density at radius 2 is 1.53 bits per heavy atom. The second-order valence-corrected chi connectivity index (χ2v) is 9.68. The second-order valence-electron chi connectivity index (χ2n) is 7.82. The molecular formula is C27H26N2O4S. The van der Waals surface area contributed by atoms with Crippen molar-refractivity contribution in [2.45, 2.75) is 26.3 Å². The highest BCUT2D eigenvalue weighted by molar-refractivity contribution is 7.87. The molecule has 6 nitrogen and oxygen atoms in total. The van der Waals surface area contributed by atoms with Crippen LogP contribution in [0.1, 0.15) is 42.2 Å². The molecule has 3 aromatic carbocycles. The second kappa shape index (κ2) is 10.1. The SMILES string of the molecule is CCC(NC(=O)c1c(OS(=O)(=O)CC)c(-c2ccccc2)nc2ccccc12)c1ccccc1. The van der Waals surface area contributed by atoms with E-state index in [1.54, 1.807) is 18.2 Å². The summed E-state index contributed by atoms with van der Waals surface area (Å²) in [6.07, 6.45) is 0.660. The van der Waals surface area contributed by atoms with Crippen molar-refractivity contribution in [3.63, 3.8) is 0 Å². The van der Waals surface area contributed by atoms with E-state index in [0.717, 1.165) is 5.56 Å². The molecule has 1 unspecified atom stereocenters. The summed E-state index contributed by atoms with van der Waals surface area (Å²) in [5, 5.41) is 3.59. The number of hydrogen-bond acceptors (Lipinski definition) is 5. The van der Waals surface area contributed by atoms with Gasteiger partial charge in [-0.15, -0.1) is 0 Å². The van der Waals surface area contributed by atoms with Gasteiger partial charge in [0.15, 0.2) is 5.75 Å². The molecule has 4 aromatic rings. The van der Waals surface area contributed by atoms with E-state index in [1.807, 2.05) is 73.7 Å². The average molecular weight is 475 g/mol. The number of nitrogens with one attached hydrogen (secondary N) is 1. The quantitative estimate of drug-likeness (QED) is 0.340. The fraction of sp³-hybridized carbons (Fsp3) is 0.185. The van der Waals surface area contributed by atoms with Gasteiger partial charge in [0.2, 0.25) is 0 Å². The number of benzene rings is 3. The molecule has 0 saturated carbocycles. The lowest BCUT2D eigenvalue weighted by atomic mass is 10.00. The van der Waals surface area contributed by atoms with Gasteiger partial charge < -0.3 is 9.50 Å². The fourth-order valence-corrected chi connectivity index (χ4v) is 4.35. The van der Waals surface area contributed by atoms with Crippen LogP contribution in [0.3, 0.4) is 0 Å². The molecule has 1 N–H and O–H groups in total. The number of amides is 1. The molecule has 34 heavy (non-hydrogen) atoms. The first kappa shape index (κ1) is 23.4. The van der Waals surface area contributed by atoms with E-state index in [1.165, 1.54) is 6.92 Å². The van der Waals surface area contributed by atoms with E-state index >= 15 is 0 Å². The number of para-hydroxylation sites is 1. The van der Waals surface area contributed by atoms with Crippen LogP contribution in [0.4, 0.5) is 0 Å². The number of fused-ring (bicyclic) bond motifs is 1. The molecule has 0 radical (unpaired) electrons. The fourth-order valence-electron chi connectivity index (χ4n) is 3.82. The predicted molar refractivity (Wildman–Crippen MR) is 134 cm³/mol. The number of hydrogen-bond donors (Lipinski definition) is 1. The molecule has 0 fully saturated rings. The minimum absolute atomic E-state index is 0.0628. The van der Waals surface area contributed by atoms with Crippen molar-refractivity contribution in [2.75, 3.05) is 5.75 Å². The number of aromatic nitrogens is 1. The molecule has 1 aromatic heterocycles. The predicted octanol–water partition coefficient (Wildman–Crippen LogP) is 5.51. The summed E-state index contributed by atoms with van der Waals surface area (Å²) in [7, 11) is -3.93. The molecule has 7 heteroatoms. The van der Waals surface area contributed by atoms with E-state index in [-0.39, 0.29) is 23.1 Å². The summed E-state index contributed by atoms with van der Waals surface area (Å²) in [5.74, 6) is -0.726. The highest BCUT2D eigenvalue weighted by atomic mass is 32.2. The van der Waals surface area contributed by atoms with Crippen LogP contribution in [0.25, 0.3) is 22.2 Å². The van der Waals surface area contributed by atoms with E-state index < -0.39 is 16.0 Å². The van der Waals surface area contributed by atoms with Gasteiger partial charge in [-0.1, -0.05) is 85.8 Å². The van der Waals surface area contributed by atoms with Gasteiger partial charge in [-0.05, 0) is 25.0 Å². The first-order valence-electron chi connectivity index (χ1n) is 11.2. The summed E-state index contributed by atoms with van der Waals surface area (Å²) in [6.45, 7) is 3.48. The Labute approximate surface area is 199 Å². The summed E-state index contributed by atoms with van der Waals surface area (Å²) in [6, 6.07) is 25.7. The highest BCUT2D eigenvalue weighted by Crippen LogP contribution is 2.37. The van der Waals surface area contributed by atoms with Gasteiger partial charge in [-0.2, -0.15) is 8.42 Å². The molecule has 1 atom stereocenters. The van der Waals surface area contributed by atoms with Crippen LogP contribution in [-0.4, -0.2) is 25.1 Å². The topological polar surface area (TPSA) is 85.4 Å². The molecule has 0 aliphatic rings. The standard InChI is InChI=1S/C27H26N2O4S/c1-3-22(19-13-7-5-8-14-19)29-27(30)24-21-17-11-12-18-23(21)28-25(20-15-9-6-10-16-20)26(24)33-34(31,32)4-2/h5-18,22H,3-4H2,1-2H3,(H,29,30). The van der Waals surface area contributed by atoms with Crippen LogP contribution >= 0.6 is 0 Å². The van der Waals surface area contributed by atoms with Crippen molar-refractivity contribution >= 4 is 26.9 Å².